The molecule has 3 N–H and O–H groups in total. The van der Waals surface area contributed by atoms with Crippen LogP contribution >= 0.6 is 24.0 Å². The third-order valence-electron chi connectivity index (χ3n) is 5.25. The summed E-state index contributed by atoms with van der Waals surface area (Å²) in [7, 11) is 0. The van der Waals surface area contributed by atoms with Crippen LogP contribution in [0.3, 0.4) is 0 Å². The lowest BCUT2D eigenvalue weighted by Crippen LogP contribution is -2.43. The summed E-state index contributed by atoms with van der Waals surface area (Å²) in [4.78, 5) is 5.99. The van der Waals surface area contributed by atoms with Gasteiger partial charge in [-0.15, -0.1) is 24.0 Å². The second-order valence-corrected chi connectivity index (χ2v) is 7.58. The molecule has 0 unspecified atom stereocenters. The molecule has 0 atom stereocenters. The van der Waals surface area contributed by atoms with Gasteiger partial charge in [-0.25, -0.2) is 0 Å². The number of aliphatic imine (C=N–C) groups is 1. The molecule has 28 heavy (non-hydrogen) atoms. The van der Waals surface area contributed by atoms with Crippen LogP contribution in [-0.4, -0.2) is 80.2 Å². The van der Waals surface area contributed by atoms with Crippen LogP contribution in [0.1, 0.15) is 39.0 Å². The maximum atomic E-state index is 12.4. The Morgan fingerprint density at radius 3 is 2.43 bits per heavy atom. The highest BCUT2D eigenvalue weighted by Crippen LogP contribution is 2.24. The number of halogens is 4. The number of likely N-dealkylation sites (tertiary alicyclic amines) is 1. The Hall–Kier alpha value is -0.330. The Morgan fingerprint density at radius 2 is 1.86 bits per heavy atom. The molecular weight excluding hydrogens is 488 g/mol. The molecule has 0 aromatic rings. The zero-order valence-electron chi connectivity index (χ0n) is 16.6. The number of nitrogens with one attached hydrogen (secondary N) is 2. The Balaban J connectivity index is 0.00000392. The standard InChI is InChI=1S/C18H33F3N4O2.HI/c1-2-22-16(24-13-17(26)6-11-27-12-7-17)23-8-3-15-4-9-25(10-5-15)14-18(19,20)21;/h15,26H,2-14H2,1H3,(H2,22,23,24);1H. The van der Waals surface area contributed by atoms with Crippen molar-refractivity contribution in [2.24, 2.45) is 10.9 Å². The fourth-order valence-corrected chi connectivity index (χ4v) is 3.56. The highest BCUT2D eigenvalue weighted by Gasteiger charge is 2.32. The SMILES string of the molecule is CCNC(=NCC1(O)CCOCC1)NCCC1CCN(CC(F)(F)F)CC1.I. The lowest BCUT2D eigenvalue weighted by Gasteiger charge is -2.32. The molecule has 6 nitrogen and oxygen atoms in total. The van der Waals surface area contributed by atoms with Crippen molar-refractivity contribution in [3.05, 3.63) is 0 Å². The molecule has 2 heterocycles. The molecule has 0 aromatic heterocycles. The largest absolute Gasteiger partial charge is 0.401 e. The molecule has 0 saturated carbocycles. The maximum absolute atomic E-state index is 12.4. The number of guanidine groups is 1. The molecule has 2 aliphatic heterocycles. The Bertz CT molecular complexity index is 466. The lowest BCUT2D eigenvalue weighted by atomic mass is 9.93. The van der Waals surface area contributed by atoms with E-state index in [1.54, 1.807) is 0 Å². The molecule has 2 saturated heterocycles. The molecule has 0 bridgehead atoms. The summed E-state index contributed by atoms with van der Waals surface area (Å²) < 4.78 is 42.6. The van der Waals surface area contributed by atoms with Crippen LogP contribution in [0.4, 0.5) is 13.2 Å². The van der Waals surface area contributed by atoms with Crippen LogP contribution in [0.15, 0.2) is 4.99 Å². The number of hydrogen-bond donors (Lipinski definition) is 3. The zero-order chi connectivity index (χ0) is 19.8. The predicted molar refractivity (Wildman–Crippen MR) is 114 cm³/mol. The molecule has 2 fully saturated rings. The molecule has 0 aliphatic carbocycles. The average molecular weight is 522 g/mol. The van der Waals surface area contributed by atoms with E-state index in [-0.39, 0.29) is 24.0 Å². The second kappa shape index (κ2) is 12.4. The van der Waals surface area contributed by atoms with E-state index in [9.17, 15) is 18.3 Å². The van der Waals surface area contributed by atoms with E-state index >= 15 is 0 Å². The Morgan fingerprint density at radius 1 is 1.21 bits per heavy atom. The number of piperidine rings is 1. The first-order valence-electron chi connectivity index (χ1n) is 9.91. The minimum Gasteiger partial charge on any atom is -0.388 e. The van der Waals surface area contributed by atoms with Gasteiger partial charge in [0.15, 0.2) is 5.96 Å². The van der Waals surface area contributed by atoms with Gasteiger partial charge in [0.25, 0.3) is 0 Å². The quantitative estimate of drug-likeness (QED) is 0.272. The summed E-state index contributed by atoms with van der Waals surface area (Å²) in [6, 6.07) is 0. The van der Waals surface area contributed by atoms with E-state index in [1.807, 2.05) is 6.92 Å². The molecule has 2 aliphatic rings. The van der Waals surface area contributed by atoms with Crippen molar-refractivity contribution >= 4 is 29.9 Å². The van der Waals surface area contributed by atoms with Crippen molar-refractivity contribution in [2.45, 2.75) is 50.8 Å². The van der Waals surface area contributed by atoms with Crippen LogP contribution in [0, 0.1) is 5.92 Å². The van der Waals surface area contributed by atoms with Crippen molar-refractivity contribution < 1.29 is 23.0 Å². The first-order valence-corrected chi connectivity index (χ1v) is 9.91. The van der Waals surface area contributed by atoms with E-state index in [1.165, 1.54) is 4.90 Å². The van der Waals surface area contributed by atoms with E-state index in [0.717, 1.165) is 32.4 Å². The first-order chi connectivity index (χ1) is 12.8. The molecule has 0 amide bonds. The van der Waals surface area contributed by atoms with Crippen LogP contribution in [0.25, 0.3) is 0 Å². The summed E-state index contributed by atoms with van der Waals surface area (Å²) in [6.07, 6.45) is -0.433. The molecule has 2 rings (SSSR count). The zero-order valence-corrected chi connectivity index (χ0v) is 18.9. The van der Waals surface area contributed by atoms with Gasteiger partial charge < -0.3 is 20.5 Å². The number of aliphatic hydroxyl groups is 1. The second-order valence-electron chi connectivity index (χ2n) is 7.58. The van der Waals surface area contributed by atoms with Gasteiger partial charge in [0.05, 0.1) is 18.7 Å². The first kappa shape index (κ1) is 25.7. The van der Waals surface area contributed by atoms with E-state index < -0.39 is 18.3 Å². The number of rotatable bonds is 7. The van der Waals surface area contributed by atoms with Gasteiger partial charge in [-0.05, 0) is 45.2 Å². The number of ether oxygens (including phenoxy) is 1. The monoisotopic (exact) mass is 522 g/mol. The minimum atomic E-state index is -4.11. The van der Waals surface area contributed by atoms with E-state index in [2.05, 4.69) is 15.6 Å². The highest BCUT2D eigenvalue weighted by atomic mass is 127. The van der Waals surface area contributed by atoms with Gasteiger partial charge in [-0.2, -0.15) is 13.2 Å². The Labute approximate surface area is 182 Å². The maximum Gasteiger partial charge on any atom is 0.401 e. The Kier molecular flexibility index (Phi) is 11.4. The van der Waals surface area contributed by atoms with Crippen LogP contribution in [-0.2, 0) is 4.74 Å². The van der Waals surface area contributed by atoms with Crippen molar-refractivity contribution in [1.82, 2.24) is 15.5 Å². The molecule has 0 aromatic carbocycles. The van der Waals surface area contributed by atoms with E-state index in [4.69, 9.17) is 4.74 Å². The normalized spacial score (nSPS) is 21.8. The van der Waals surface area contributed by atoms with E-state index in [0.29, 0.717) is 57.6 Å². The molecular formula is C18H34F3IN4O2. The van der Waals surface area contributed by atoms with Gasteiger partial charge in [0, 0.05) is 39.1 Å². The van der Waals surface area contributed by atoms with Crippen molar-refractivity contribution in [3.8, 4) is 0 Å². The number of hydrogen-bond acceptors (Lipinski definition) is 4. The van der Waals surface area contributed by atoms with Gasteiger partial charge in [-0.3, -0.25) is 9.89 Å². The average Bonchev–Trinajstić information content (AvgIpc) is 2.60. The van der Waals surface area contributed by atoms with Crippen molar-refractivity contribution in [2.75, 3.05) is 52.5 Å². The lowest BCUT2D eigenvalue weighted by molar-refractivity contribution is -0.148. The summed E-state index contributed by atoms with van der Waals surface area (Å²) in [5.41, 5.74) is -0.800. The number of alkyl halides is 3. The molecule has 10 heteroatoms. The predicted octanol–water partition coefficient (Wildman–Crippen LogP) is 2.37. The van der Waals surface area contributed by atoms with Crippen LogP contribution < -0.4 is 10.6 Å². The van der Waals surface area contributed by atoms with Crippen LogP contribution in [0.2, 0.25) is 0 Å². The summed E-state index contributed by atoms with van der Waals surface area (Å²) in [5, 5.41) is 16.9. The fourth-order valence-electron chi connectivity index (χ4n) is 3.56. The van der Waals surface area contributed by atoms with Crippen LogP contribution in [0.5, 0.6) is 0 Å². The number of nitrogens with zero attached hydrogens (tertiary/aromatic N) is 2. The molecule has 166 valence electrons. The van der Waals surface area contributed by atoms with Gasteiger partial charge in [0.1, 0.15) is 0 Å². The topological polar surface area (TPSA) is 69.1 Å². The van der Waals surface area contributed by atoms with Gasteiger partial charge >= 0.3 is 6.18 Å². The molecule has 0 spiro atoms. The minimum absolute atomic E-state index is 0. The molecule has 0 radical (unpaired) electrons. The van der Waals surface area contributed by atoms with Gasteiger partial charge in [-0.1, -0.05) is 0 Å². The third kappa shape index (κ3) is 9.93. The van der Waals surface area contributed by atoms with Gasteiger partial charge in [0.2, 0.25) is 0 Å². The third-order valence-corrected chi connectivity index (χ3v) is 5.25. The fraction of sp³-hybridized carbons (Fsp3) is 0.944. The highest BCUT2D eigenvalue weighted by molar-refractivity contribution is 14.0. The smallest absolute Gasteiger partial charge is 0.388 e. The van der Waals surface area contributed by atoms with Crippen molar-refractivity contribution in [1.29, 1.82) is 0 Å². The summed E-state index contributed by atoms with van der Waals surface area (Å²) in [6.45, 7) is 5.09. The summed E-state index contributed by atoms with van der Waals surface area (Å²) >= 11 is 0. The summed E-state index contributed by atoms with van der Waals surface area (Å²) in [5.74, 6) is 1.11. The van der Waals surface area contributed by atoms with Crippen molar-refractivity contribution in [3.63, 3.8) is 0 Å².